The Labute approximate surface area is 157 Å². The first-order chi connectivity index (χ1) is 12.4. The summed E-state index contributed by atoms with van der Waals surface area (Å²) in [5.41, 5.74) is -1.98. The van der Waals surface area contributed by atoms with Crippen molar-refractivity contribution in [3.8, 4) is 0 Å². The number of amides is 3. The van der Waals surface area contributed by atoms with Crippen molar-refractivity contribution >= 4 is 17.9 Å². The van der Waals surface area contributed by atoms with Gasteiger partial charge in [-0.15, -0.1) is 0 Å². The number of likely N-dealkylation sites (N-methyl/N-ethyl adjacent to an activating group) is 1. The maximum Gasteiger partial charge on any atom is 0.408 e. The Morgan fingerprint density at radius 1 is 1.04 bits per heavy atom. The van der Waals surface area contributed by atoms with Crippen molar-refractivity contribution in [2.75, 3.05) is 46.3 Å². The molecule has 2 N–H and O–H groups in total. The summed E-state index contributed by atoms with van der Waals surface area (Å²) in [5, 5.41) is 5.00. The van der Waals surface area contributed by atoms with Gasteiger partial charge >= 0.3 is 6.09 Å². The van der Waals surface area contributed by atoms with E-state index < -0.39 is 42.0 Å². The maximum atomic E-state index is 14.7. The van der Waals surface area contributed by atoms with E-state index >= 15 is 0 Å². The number of hydrogen-bond donors (Lipinski definition) is 2. The zero-order chi connectivity index (χ0) is 20.5. The average Bonchev–Trinajstić information content (AvgIpc) is 2.48. The van der Waals surface area contributed by atoms with Crippen LogP contribution >= 0.6 is 0 Å². The molecule has 2 fully saturated rings. The largest absolute Gasteiger partial charge is 0.444 e. The van der Waals surface area contributed by atoms with Crippen LogP contribution in [-0.2, 0) is 14.3 Å². The molecule has 0 radical (unpaired) electrons. The van der Waals surface area contributed by atoms with E-state index in [-0.39, 0.29) is 38.5 Å². The van der Waals surface area contributed by atoms with Crippen LogP contribution in [0.25, 0.3) is 0 Å². The van der Waals surface area contributed by atoms with Gasteiger partial charge in [-0.2, -0.15) is 0 Å². The molecule has 0 atom stereocenters. The third-order valence-electron chi connectivity index (χ3n) is 4.83. The number of alkyl carbamates (subject to hydrolysis) is 1. The number of hydrogen-bond acceptors (Lipinski definition) is 5. The molecule has 0 aromatic rings. The number of ether oxygens (including phenoxy) is 1. The van der Waals surface area contributed by atoms with E-state index in [1.165, 1.54) is 4.90 Å². The zero-order valence-electron chi connectivity index (χ0n) is 16.2. The number of alkyl halides is 2. The number of carbonyl (C=O) groups excluding carboxylic acids is 3. The van der Waals surface area contributed by atoms with E-state index in [2.05, 4.69) is 10.6 Å². The van der Waals surface area contributed by atoms with Crippen LogP contribution in [-0.4, -0.2) is 85.5 Å². The highest BCUT2D eigenvalue weighted by molar-refractivity contribution is 5.82. The number of piperidine rings is 1. The summed E-state index contributed by atoms with van der Waals surface area (Å²) in [6, 6.07) is 0. The number of nitrogens with zero attached hydrogens (tertiary/aromatic N) is 2. The van der Waals surface area contributed by atoms with Crippen molar-refractivity contribution in [3.05, 3.63) is 0 Å². The summed E-state index contributed by atoms with van der Waals surface area (Å²) in [6.45, 7) is 4.21. The molecule has 0 unspecified atom stereocenters. The highest BCUT2D eigenvalue weighted by Gasteiger charge is 2.63. The summed E-state index contributed by atoms with van der Waals surface area (Å²) in [5.74, 6) is -3.89. The fourth-order valence-corrected chi connectivity index (χ4v) is 3.32. The second-order valence-electron chi connectivity index (χ2n) is 8.19. The number of nitrogens with one attached hydrogen (secondary N) is 2. The number of halogens is 2. The Balaban J connectivity index is 1.86. The van der Waals surface area contributed by atoms with Crippen LogP contribution in [0.1, 0.15) is 27.2 Å². The van der Waals surface area contributed by atoms with Gasteiger partial charge in [0, 0.05) is 19.6 Å². The molecule has 2 aliphatic rings. The number of likely N-dealkylation sites (tertiary alicyclic amines) is 2. The molecule has 2 aliphatic heterocycles. The molecule has 8 nitrogen and oxygen atoms in total. The first kappa shape index (κ1) is 21.3. The van der Waals surface area contributed by atoms with E-state index in [1.54, 1.807) is 27.8 Å². The van der Waals surface area contributed by atoms with Gasteiger partial charge in [-0.1, -0.05) is 0 Å². The van der Waals surface area contributed by atoms with Gasteiger partial charge in [0.25, 0.3) is 5.92 Å². The number of carbonyl (C=O) groups is 3. The Morgan fingerprint density at radius 3 is 2.15 bits per heavy atom. The minimum atomic E-state index is -3.09. The molecule has 154 valence electrons. The molecular weight excluding hydrogens is 362 g/mol. The van der Waals surface area contributed by atoms with Gasteiger partial charge < -0.3 is 25.2 Å². The second-order valence-corrected chi connectivity index (χ2v) is 8.19. The van der Waals surface area contributed by atoms with E-state index in [0.29, 0.717) is 0 Å². The normalized spacial score (nSPS) is 20.8. The van der Waals surface area contributed by atoms with Crippen molar-refractivity contribution in [3.63, 3.8) is 0 Å². The molecule has 0 aromatic carbocycles. The Kier molecular flexibility index (Phi) is 5.98. The van der Waals surface area contributed by atoms with Crippen LogP contribution in [0.5, 0.6) is 0 Å². The molecule has 10 heteroatoms. The summed E-state index contributed by atoms with van der Waals surface area (Å²) < 4.78 is 34.4. The van der Waals surface area contributed by atoms with E-state index in [0.717, 1.165) is 4.90 Å². The lowest BCUT2D eigenvalue weighted by molar-refractivity contribution is -0.223. The van der Waals surface area contributed by atoms with Gasteiger partial charge in [0.15, 0.2) is 0 Å². The zero-order valence-corrected chi connectivity index (χ0v) is 16.2. The highest BCUT2D eigenvalue weighted by atomic mass is 19.3. The second kappa shape index (κ2) is 7.57. The van der Waals surface area contributed by atoms with Gasteiger partial charge in [-0.25, -0.2) is 13.6 Å². The quantitative estimate of drug-likeness (QED) is 0.726. The van der Waals surface area contributed by atoms with Crippen LogP contribution in [0.15, 0.2) is 0 Å². The fraction of sp³-hybridized carbons (Fsp3) is 0.824. The summed E-state index contributed by atoms with van der Waals surface area (Å²) in [6.07, 6.45) is -0.657. The molecular formula is C17H28F2N4O4. The Morgan fingerprint density at radius 2 is 1.63 bits per heavy atom. The van der Waals surface area contributed by atoms with E-state index in [9.17, 15) is 23.2 Å². The van der Waals surface area contributed by atoms with Gasteiger partial charge in [-0.3, -0.25) is 9.59 Å². The molecule has 2 heterocycles. The number of rotatable bonds is 4. The minimum absolute atomic E-state index is 0.00129. The highest BCUT2D eigenvalue weighted by Crippen LogP contribution is 2.50. The van der Waals surface area contributed by atoms with Crippen LogP contribution in [0.4, 0.5) is 13.6 Å². The SMILES string of the molecule is CNCC(=O)N1CC2(CCN(C(=O)CNC(=O)OC(C)(C)C)CC2(F)F)C1. The third-order valence-corrected chi connectivity index (χ3v) is 4.83. The molecule has 0 bridgehead atoms. The van der Waals surface area contributed by atoms with Crippen LogP contribution in [0.3, 0.4) is 0 Å². The maximum absolute atomic E-state index is 14.7. The van der Waals surface area contributed by atoms with Crippen molar-refractivity contribution in [2.45, 2.75) is 38.7 Å². The summed E-state index contributed by atoms with van der Waals surface area (Å²) in [4.78, 5) is 38.0. The molecule has 27 heavy (non-hydrogen) atoms. The Bertz CT molecular complexity index is 600. The minimum Gasteiger partial charge on any atom is -0.444 e. The van der Waals surface area contributed by atoms with Crippen LogP contribution < -0.4 is 10.6 Å². The van der Waals surface area contributed by atoms with Crippen LogP contribution in [0, 0.1) is 5.41 Å². The lowest BCUT2D eigenvalue weighted by Crippen LogP contribution is -2.72. The lowest BCUT2D eigenvalue weighted by atomic mass is 9.69. The van der Waals surface area contributed by atoms with Crippen molar-refractivity contribution < 1.29 is 27.9 Å². The smallest absolute Gasteiger partial charge is 0.408 e. The van der Waals surface area contributed by atoms with E-state index in [4.69, 9.17) is 4.74 Å². The molecule has 0 aliphatic carbocycles. The topological polar surface area (TPSA) is 91.0 Å². The lowest BCUT2D eigenvalue weighted by Gasteiger charge is -2.57. The van der Waals surface area contributed by atoms with Crippen LogP contribution in [0.2, 0.25) is 0 Å². The predicted molar refractivity (Wildman–Crippen MR) is 93.3 cm³/mol. The van der Waals surface area contributed by atoms with Crippen molar-refractivity contribution in [2.24, 2.45) is 5.41 Å². The first-order valence-electron chi connectivity index (χ1n) is 8.94. The van der Waals surface area contributed by atoms with E-state index in [1.807, 2.05) is 0 Å². The standard InChI is InChI=1S/C17H28F2N4O4/c1-15(2,3)27-14(26)21-8-13(25)22-6-5-16(17(18,19)11-22)9-23(10-16)12(24)7-20-4/h20H,5-11H2,1-4H3,(H,21,26). The monoisotopic (exact) mass is 390 g/mol. The fourth-order valence-electron chi connectivity index (χ4n) is 3.32. The molecule has 0 saturated carbocycles. The molecule has 0 aromatic heterocycles. The predicted octanol–water partition coefficient (Wildman–Crippen LogP) is 0.427. The van der Waals surface area contributed by atoms with Gasteiger partial charge in [-0.05, 0) is 34.2 Å². The average molecular weight is 390 g/mol. The summed E-state index contributed by atoms with van der Waals surface area (Å²) in [7, 11) is 1.62. The van der Waals surface area contributed by atoms with Gasteiger partial charge in [0.2, 0.25) is 11.8 Å². The Hall–Kier alpha value is -1.97. The van der Waals surface area contributed by atoms with Crippen molar-refractivity contribution in [1.82, 2.24) is 20.4 Å². The molecule has 1 spiro atoms. The first-order valence-corrected chi connectivity index (χ1v) is 8.94. The molecule has 2 saturated heterocycles. The van der Waals surface area contributed by atoms with Gasteiger partial charge in [0.05, 0.1) is 18.5 Å². The molecule has 2 rings (SSSR count). The van der Waals surface area contributed by atoms with Crippen molar-refractivity contribution in [1.29, 1.82) is 0 Å². The molecule has 3 amide bonds. The third kappa shape index (κ3) is 4.85. The summed E-state index contributed by atoms with van der Waals surface area (Å²) >= 11 is 0. The van der Waals surface area contributed by atoms with Gasteiger partial charge in [0.1, 0.15) is 12.1 Å².